The van der Waals surface area contributed by atoms with Crippen LogP contribution in [0.5, 0.6) is 0 Å². The van der Waals surface area contributed by atoms with Crippen molar-refractivity contribution in [3.05, 3.63) is 52.6 Å². The highest BCUT2D eigenvalue weighted by molar-refractivity contribution is 6.31. The second-order valence-electron chi connectivity index (χ2n) is 5.81. The van der Waals surface area contributed by atoms with Gasteiger partial charge in [-0.25, -0.2) is 14.1 Å². The van der Waals surface area contributed by atoms with E-state index in [-0.39, 0.29) is 17.0 Å². The van der Waals surface area contributed by atoms with Crippen molar-refractivity contribution in [1.29, 1.82) is 0 Å². The highest BCUT2D eigenvalue weighted by Gasteiger charge is 2.17. The van der Waals surface area contributed by atoms with Crippen molar-refractivity contribution in [3.8, 4) is 0 Å². The molecule has 0 bridgehead atoms. The van der Waals surface area contributed by atoms with Gasteiger partial charge in [-0.05, 0) is 45.0 Å². The van der Waals surface area contributed by atoms with Gasteiger partial charge in [-0.2, -0.15) is 5.10 Å². The molecule has 1 amide bonds. The van der Waals surface area contributed by atoms with Crippen molar-refractivity contribution in [2.45, 2.75) is 26.8 Å². The Hall–Kier alpha value is -2.47. The topological polar surface area (TPSA) is 59.8 Å². The molecule has 2 aromatic heterocycles. The lowest BCUT2D eigenvalue weighted by Gasteiger charge is -2.10. The number of rotatable bonds is 3. The van der Waals surface area contributed by atoms with Crippen LogP contribution in [0.15, 0.2) is 30.5 Å². The molecular formula is C17H16ClFN4O. The molecule has 7 heteroatoms. The van der Waals surface area contributed by atoms with E-state index >= 15 is 0 Å². The van der Waals surface area contributed by atoms with E-state index in [9.17, 15) is 9.18 Å². The van der Waals surface area contributed by atoms with Crippen molar-refractivity contribution in [3.63, 3.8) is 0 Å². The van der Waals surface area contributed by atoms with Gasteiger partial charge >= 0.3 is 0 Å². The van der Waals surface area contributed by atoms with Gasteiger partial charge in [0.25, 0.3) is 5.91 Å². The first-order chi connectivity index (χ1) is 11.4. The predicted octanol–water partition coefficient (Wildman–Crippen LogP) is 4.37. The van der Waals surface area contributed by atoms with E-state index in [1.54, 1.807) is 16.9 Å². The Bertz CT molecular complexity index is 936. The van der Waals surface area contributed by atoms with Crippen LogP contribution in [0.3, 0.4) is 0 Å². The molecule has 1 N–H and O–H groups in total. The summed E-state index contributed by atoms with van der Waals surface area (Å²) in [7, 11) is 0. The Morgan fingerprint density at radius 1 is 1.33 bits per heavy atom. The summed E-state index contributed by atoms with van der Waals surface area (Å²) in [6.07, 6.45) is 1.63. The van der Waals surface area contributed by atoms with Gasteiger partial charge in [0.05, 0.1) is 22.2 Å². The van der Waals surface area contributed by atoms with Crippen LogP contribution in [0.1, 0.15) is 35.9 Å². The lowest BCUT2D eigenvalue weighted by Crippen LogP contribution is -2.13. The van der Waals surface area contributed by atoms with E-state index in [0.717, 1.165) is 0 Å². The zero-order valence-electron chi connectivity index (χ0n) is 13.5. The normalized spacial score (nSPS) is 11.2. The maximum atomic E-state index is 13.2. The van der Waals surface area contributed by atoms with Gasteiger partial charge in [0.2, 0.25) is 0 Å². The molecule has 3 aromatic rings. The summed E-state index contributed by atoms with van der Waals surface area (Å²) in [5.74, 6) is -0.855. The van der Waals surface area contributed by atoms with Crippen LogP contribution in [-0.2, 0) is 0 Å². The fraction of sp³-hybridized carbons (Fsp3) is 0.235. The summed E-state index contributed by atoms with van der Waals surface area (Å²) in [4.78, 5) is 17.1. The number of carbonyl (C=O) groups is 1. The van der Waals surface area contributed by atoms with Crippen molar-refractivity contribution in [2.75, 3.05) is 5.32 Å². The molecule has 0 spiro atoms. The first kappa shape index (κ1) is 16.4. The van der Waals surface area contributed by atoms with Gasteiger partial charge in [-0.1, -0.05) is 11.6 Å². The van der Waals surface area contributed by atoms with Gasteiger partial charge in [0, 0.05) is 17.4 Å². The van der Waals surface area contributed by atoms with E-state index in [2.05, 4.69) is 15.4 Å². The summed E-state index contributed by atoms with van der Waals surface area (Å²) in [5, 5.41) is 7.67. The maximum Gasteiger partial charge on any atom is 0.256 e. The number of anilines is 1. The van der Waals surface area contributed by atoms with Crippen molar-refractivity contribution >= 4 is 34.2 Å². The number of benzene rings is 1. The smallest absolute Gasteiger partial charge is 0.256 e. The van der Waals surface area contributed by atoms with Gasteiger partial charge < -0.3 is 5.32 Å². The van der Waals surface area contributed by atoms with Gasteiger partial charge in [-0.3, -0.25) is 4.79 Å². The molecule has 124 valence electrons. The average molecular weight is 347 g/mol. The largest absolute Gasteiger partial charge is 0.322 e. The van der Waals surface area contributed by atoms with Crippen LogP contribution in [-0.4, -0.2) is 20.7 Å². The van der Waals surface area contributed by atoms with Gasteiger partial charge in [0.15, 0.2) is 5.65 Å². The molecule has 24 heavy (non-hydrogen) atoms. The molecule has 0 aliphatic carbocycles. The molecule has 3 rings (SSSR count). The number of hydrogen-bond donors (Lipinski definition) is 1. The number of nitrogens with zero attached hydrogens (tertiary/aromatic N) is 3. The number of pyridine rings is 1. The Morgan fingerprint density at radius 2 is 2.08 bits per heavy atom. The Labute approximate surface area is 143 Å². The van der Waals surface area contributed by atoms with E-state index in [0.29, 0.717) is 28.0 Å². The molecule has 0 saturated heterocycles. The van der Waals surface area contributed by atoms with Crippen LogP contribution in [0.2, 0.25) is 5.02 Å². The number of amides is 1. The molecule has 2 heterocycles. The lowest BCUT2D eigenvalue weighted by molar-refractivity contribution is 0.102. The molecule has 0 saturated carbocycles. The van der Waals surface area contributed by atoms with Crippen LogP contribution < -0.4 is 5.32 Å². The Kier molecular flexibility index (Phi) is 4.24. The minimum absolute atomic E-state index is 0.0449. The molecule has 1 aromatic carbocycles. The molecule has 0 fully saturated rings. The van der Waals surface area contributed by atoms with Crippen molar-refractivity contribution in [1.82, 2.24) is 14.8 Å². The third kappa shape index (κ3) is 2.97. The molecule has 0 aliphatic rings. The summed E-state index contributed by atoms with van der Waals surface area (Å²) in [6, 6.07) is 5.88. The fourth-order valence-corrected chi connectivity index (χ4v) is 2.66. The number of aromatic nitrogens is 3. The number of hydrogen-bond acceptors (Lipinski definition) is 3. The Balaban J connectivity index is 2.01. The van der Waals surface area contributed by atoms with E-state index in [1.165, 1.54) is 18.2 Å². The fourth-order valence-electron chi connectivity index (χ4n) is 2.48. The van der Waals surface area contributed by atoms with Crippen LogP contribution >= 0.6 is 11.6 Å². The molecular weight excluding hydrogens is 331 g/mol. The number of halogens is 2. The number of nitrogens with one attached hydrogen (secondary N) is 1. The predicted molar refractivity (Wildman–Crippen MR) is 92.0 cm³/mol. The second kappa shape index (κ2) is 6.20. The Morgan fingerprint density at radius 3 is 2.75 bits per heavy atom. The van der Waals surface area contributed by atoms with Crippen LogP contribution in [0, 0.1) is 12.7 Å². The third-order valence-corrected chi connectivity index (χ3v) is 3.90. The van der Waals surface area contributed by atoms with Crippen molar-refractivity contribution in [2.24, 2.45) is 0 Å². The third-order valence-electron chi connectivity index (χ3n) is 3.61. The monoisotopic (exact) mass is 346 g/mol. The maximum absolute atomic E-state index is 13.2. The van der Waals surface area contributed by atoms with Gasteiger partial charge in [-0.15, -0.1) is 0 Å². The SMILES string of the molecule is Cc1cc(C(=O)Nc2ccc(F)c(Cl)c2)c2cnn(C(C)C)c2n1. The zero-order valence-corrected chi connectivity index (χ0v) is 14.2. The van der Waals surface area contributed by atoms with Gasteiger partial charge in [0.1, 0.15) is 5.82 Å². The van der Waals surface area contributed by atoms with E-state index in [1.807, 2.05) is 20.8 Å². The van der Waals surface area contributed by atoms with E-state index < -0.39 is 5.82 Å². The van der Waals surface area contributed by atoms with E-state index in [4.69, 9.17) is 11.6 Å². The number of carbonyl (C=O) groups excluding carboxylic acids is 1. The van der Waals surface area contributed by atoms with Crippen molar-refractivity contribution < 1.29 is 9.18 Å². The molecule has 0 atom stereocenters. The quantitative estimate of drug-likeness (QED) is 0.766. The lowest BCUT2D eigenvalue weighted by atomic mass is 10.1. The second-order valence-corrected chi connectivity index (χ2v) is 6.22. The summed E-state index contributed by atoms with van der Waals surface area (Å²) in [5.41, 5.74) is 2.26. The molecule has 5 nitrogen and oxygen atoms in total. The first-order valence-corrected chi connectivity index (χ1v) is 7.86. The highest BCUT2D eigenvalue weighted by Crippen LogP contribution is 2.23. The van der Waals surface area contributed by atoms with Crippen LogP contribution in [0.25, 0.3) is 11.0 Å². The minimum atomic E-state index is -0.532. The summed E-state index contributed by atoms with van der Waals surface area (Å²) < 4.78 is 15.0. The standard InChI is InChI=1S/C17H16ClFN4O/c1-9(2)23-16-13(8-20-23)12(6-10(3)21-16)17(24)22-11-4-5-15(19)14(18)7-11/h4-9H,1-3H3,(H,22,24). The molecule has 0 aliphatic heterocycles. The van der Waals surface area contributed by atoms with Crippen LogP contribution in [0.4, 0.5) is 10.1 Å². The summed E-state index contributed by atoms with van der Waals surface area (Å²) >= 11 is 5.75. The minimum Gasteiger partial charge on any atom is -0.322 e. The average Bonchev–Trinajstić information content (AvgIpc) is 2.93. The molecule has 0 radical (unpaired) electrons. The summed E-state index contributed by atoms with van der Waals surface area (Å²) in [6.45, 7) is 5.82. The zero-order chi connectivity index (χ0) is 17.4. The number of aryl methyl sites for hydroxylation is 1. The highest BCUT2D eigenvalue weighted by atomic mass is 35.5. The number of fused-ring (bicyclic) bond motifs is 1. The first-order valence-electron chi connectivity index (χ1n) is 7.48. The molecule has 0 unspecified atom stereocenters.